The van der Waals surface area contributed by atoms with Crippen LogP contribution in [-0.2, 0) is 11.2 Å². The van der Waals surface area contributed by atoms with E-state index < -0.39 is 0 Å². The van der Waals surface area contributed by atoms with Crippen LogP contribution in [0.15, 0.2) is 49.3 Å². The molecule has 0 spiro atoms. The topological polar surface area (TPSA) is 28.3 Å². The molecule has 4 rings (SSSR count). The lowest BCUT2D eigenvalue weighted by Gasteiger charge is -2.44. The van der Waals surface area contributed by atoms with E-state index >= 15 is 0 Å². The lowest BCUT2D eigenvalue weighted by molar-refractivity contribution is 0.0864. The Balaban J connectivity index is 1.71. The molecular formula is C20H24N2O. The molecule has 0 bridgehead atoms. The third-order valence-corrected chi connectivity index (χ3v) is 5.52. The quantitative estimate of drug-likeness (QED) is 0.684. The van der Waals surface area contributed by atoms with Gasteiger partial charge in [0.1, 0.15) is 0 Å². The van der Waals surface area contributed by atoms with Crippen LogP contribution in [0.2, 0.25) is 0 Å². The van der Waals surface area contributed by atoms with Gasteiger partial charge in [0.25, 0.3) is 0 Å². The average molecular weight is 308 g/mol. The molecule has 2 aromatic rings. The Morgan fingerprint density at radius 1 is 1.30 bits per heavy atom. The van der Waals surface area contributed by atoms with Gasteiger partial charge in [-0.15, -0.1) is 6.58 Å². The second kappa shape index (κ2) is 5.89. The molecule has 0 unspecified atom stereocenters. The Labute approximate surface area is 137 Å². The minimum Gasteiger partial charge on any atom is -0.505 e. The molecule has 0 saturated carbocycles. The third-order valence-electron chi connectivity index (χ3n) is 5.52. The van der Waals surface area contributed by atoms with Gasteiger partial charge in [0, 0.05) is 29.7 Å². The molecule has 3 atom stereocenters. The van der Waals surface area contributed by atoms with Gasteiger partial charge in [0.2, 0.25) is 0 Å². The summed E-state index contributed by atoms with van der Waals surface area (Å²) in [6.07, 6.45) is 8.41. The lowest BCUT2D eigenvalue weighted by atomic mass is 9.78. The number of aromatic nitrogens is 1. The van der Waals surface area contributed by atoms with Crippen LogP contribution in [0.4, 0.5) is 0 Å². The Morgan fingerprint density at radius 3 is 3.00 bits per heavy atom. The van der Waals surface area contributed by atoms with Crippen molar-refractivity contribution in [3.05, 3.63) is 60.5 Å². The number of para-hydroxylation sites is 1. The van der Waals surface area contributed by atoms with E-state index in [9.17, 15) is 0 Å². The number of ether oxygens (including phenoxy) is 1. The van der Waals surface area contributed by atoms with Gasteiger partial charge in [-0.3, -0.25) is 4.90 Å². The van der Waals surface area contributed by atoms with Gasteiger partial charge < -0.3 is 9.72 Å². The largest absolute Gasteiger partial charge is 0.505 e. The first-order valence-electron chi connectivity index (χ1n) is 8.47. The van der Waals surface area contributed by atoms with Gasteiger partial charge in [-0.05, 0) is 42.4 Å². The van der Waals surface area contributed by atoms with Crippen LogP contribution in [0.3, 0.4) is 0 Å². The molecule has 0 amide bonds. The van der Waals surface area contributed by atoms with Crippen LogP contribution in [0.1, 0.15) is 23.7 Å². The van der Waals surface area contributed by atoms with E-state index in [0.717, 1.165) is 25.9 Å². The molecule has 3 heterocycles. The number of piperidine rings is 1. The zero-order valence-electron chi connectivity index (χ0n) is 13.7. The number of nitrogens with one attached hydrogen (secondary N) is 1. The summed E-state index contributed by atoms with van der Waals surface area (Å²) in [5, 5.41) is 1.40. The first-order valence-corrected chi connectivity index (χ1v) is 8.47. The van der Waals surface area contributed by atoms with Crippen LogP contribution < -0.4 is 0 Å². The van der Waals surface area contributed by atoms with Crippen molar-refractivity contribution in [3.8, 4) is 0 Å². The summed E-state index contributed by atoms with van der Waals surface area (Å²) in [4.78, 5) is 6.33. The van der Waals surface area contributed by atoms with Crippen LogP contribution in [-0.4, -0.2) is 30.1 Å². The number of hydrogen-bond donors (Lipinski definition) is 1. The fourth-order valence-corrected chi connectivity index (χ4v) is 4.34. The Bertz CT molecular complexity index is 745. The monoisotopic (exact) mass is 308 g/mol. The highest BCUT2D eigenvalue weighted by Crippen LogP contribution is 2.43. The van der Waals surface area contributed by atoms with Gasteiger partial charge in [-0.2, -0.15) is 0 Å². The van der Waals surface area contributed by atoms with E-state index in [1.165, 1.54) is 22.2 Å². The summed E-state index contributed by atoms with van der Waals surface area (Å²) in [6, 6.07) is 9.17. The maximum Gasteiger partial charge on any atom is 0.0787 e. The third kappa shape index (κ3) is 2.40. The number of rotatable bonds is 3. The summed E-state index contributed by atoms with van der Waals surface area (Å²) in [7, 11) is 1.71. The van der Waals surface area contributed by atoms with Crippen LogP contribution in [0.5, 0.6) is 0 Å². The molecule has 2 aliphatic heterocycles. The van der Waals surface area contributed by atoms with E-state index in [4.69, 9.17) is 4.74 Å². The Kier molecular flexibility index (Phi) is 3.74. The van der Waals surface area contributed by atoms with Crippen molar-refractivity contribution in [1.29, 1.82) is 0 Å². The van der Waals surface area contributed by atoms with Crippen molar-refractivity contribution in [2.45, 2.75) is 18.9 Å². The standard InChI is InChI=1S/C20H24N2O/c1-3-14-13-22-10-8-17-16-6-4-5-7-18(16)21-20(17)19(22)12-15(14)9-11-23-2/h3-7,9,11,14-15,19,21H,1,8,10,12-13H2,2H3/b11-9+/t14-,15-,19+/m0/s1. The first-order chi connectivity index (χ1) is 11.3. The molecule has 3 nitrogen and oxygen atoms in total. The lowest BCUT2D eigenvalue weighted by Crippen LogP contribution is -2.45. The minimum atomic E-state index is 0.480. The van der Waals surface area contributed by atoms with E-state index in [-0.39, 0.29) is 0 Å². The molecule has 1 saturated heterocycles. The van der Waals surface area contributed by atoms with Crippen molar-refractivity contribution < 1.29 is 4.74 Å². The molecule has 1 aromatic heterocycles. The number of hydrogen-bond acceptors (Lipinski definition) is 2. The van der Waals surface area contributed by atoms with Gasteiger partial charge in [-0.1, -0.05) is 24.3 Å². The molecule has 2 aliphatic rings. The van der Waals surface area contributed by atoms with E-state index in [1.807, 2.05) is 6.26 Å². The molecule has 1 N–H and O–H groups in total. The Hall–Kier alpha value is -2.00. The van der Waals surface area contributed by atoms with Gasteiger partial charge in [-0.25, -0.2) is 0 Å². The number of benzene rings is 1. The first kappa shape index (κ1) is 14.6. The number of methoxy groups -OCH3 is 1. The maximum absolute atomic E-state index is 5.15. The zero-order chi connectivity index (χ0) is 15.8. The molecule has 23 heavy (non-hydrogen) atoms. The Morgan fingerprint density at radius 2 is 2.17 bits per heavy atom. The molecule has 3 heteroatoms. The fraction of sp³-hybridized carbons (Fsp3) is 0.400. The highest BCUT2D eigenvalue weighted by atomic mass is 16.5. The van der Waals surface area contributed by atoms with Crippen molar-refractivity contribution in [3.63, 3.8) is 0 Å². The van der Waals surface area contributed by atoms with Crippen molar-refractivity contribution >= 4 is 10.9 Å². The number of fused-ring (bicyclic) bond motifs is 5. The van der Waals surface area contributed by atoms with Crippen LogP contribution in [0.25, 0.3) is 10.9 Å². The van der Waals surface area contributed by atoms with Crippen molar-refractivity contribution in [1.82, 2.24) is 9.88 Å². The van der Waals surface area contributed by atoms with Crippen LogP contribution >= 0.6 is 0 Å². The maximum atomic E-state index is 5.15. The normalized spacial score (nSPS) is 27.8. The van der Waals surface area contributed by atoms with E-state index in [2.05, 4.69) is 52.9 Å². The van der Waals surface area contributed by atoms with Gasteiger partial charge in [0.05, 0.1) is 19.4 Å². The summed E-state index contributed by atoms with van der Waals surface area (Å²) >= 11 is 0. The SMILES string of the molecule is C=C[C@H]1CN2CCc3c([nH]c4ccccc34)[C@H]2C[C@@H]1/C=C/OC. The number of allylic oxidation sites excluding steroid dienone is 1. The average Bonchev–Trinajstić information content (AvgIpc) is 2.98. The van der Waals surface area contributed by atoms with Crippen molar-refractivity contribution in [2.24, 2.45) is 11.8 Å². The molecule has 120 valence electrons. The van der Waals surface area contributed by atoms with E-state index in [0.29, 0.717) is 17.9 Å². The van der Waals surface area contributed by atoms with E-state index in [1.54, 1.807) is 7.11 Å². The summed E-state index contributed by atoms with van der Waals surface area (Å²) in [5.74, 6) is 0.995. The second-order valence-corrected chi connectivity index (χ2v) is 6.69. The smallest absolute Gasteiger partial charge is 0.0787 e. The summed E-state index contributed by atoms with van der Waals surface area (Å²) < 4.78 is 5.15. The molecular weight excluding hydrogens is 284 g/mol. The number of nitrogens with zero attached hydrogens (tertiary/aromatic N) is 1. The molecule has 1 fully saturated rings. The van der Waals surface area contributed by atoms with Gasteiger partial charge >= 0.3 is 0 Å². The highest BCUT2D eigenvalue weighted by Gasteiger charge is 2.38. The summed E-state index contributed by atoms with van der Waals surface area (Å²) in [6.45, 7) is 6.28. The molecule has 0 radical (unpaired) electrons. The highest BCUT2D eigenvalue weighted by molar-refractivity contribution is 5.85. The fourth-order valence-electron chi connectivity index (χ4n) is 4.34. The zero-order valence-corrected chi connectivity index (χ0v) is 13.7. The van der Waals surface area contributed by atoms with Gasteiger partial charge in [0.15, 0.2) is 0 Å². The predicted molar refractivity (Wildman–Crippen MR) is 94.3 cm³/mol. The number of aromatic amines is 1. The molecule has 1 aromatic carbocycles. The summed E-state index contributed by atoms with van der Waals surface area (Å²) in [5.41, 5.74) is 4.22. The number of H-pyrrole nitrogens is 1. The van der Waals surface area contributed by atoms with Crippen LogP contribution in [0, 0.1) is 11.8 Å². The molecule has 0 aliphatic carbocycles. The minimum absolute atomic E-state index is 0.480. The van der Waals surface area contributed by atoms with Crippen molar-refractivity contribution in [2.75, 3.05) is 20.2 Å². The predicted octanol–water partition coefficient (Wildman–Crippen LogP) is 4.05. The second-order valence-electron chi connectivity index (χ2n) is 6.69.